The van der Waals surface area contributed by atoms with Crippen LogP contribution in [-0.4, -0.2) is 0 Å². The molecule has 14 heavy (non-hydrogen) atoms. The summed E-state index contributed by atoms with van der Waals surface area (Å²) in [5.74, 6) is 0. The van der Waals surface area contributed by atoms with E-state index in [1.807, 2.05) is 19.1 Å². The van der Waals surface area contributed by atoms with Crippen LogP contribution in [0.1, 0.15) is 18.5 Å². The molecule has 0 bridgehead atoms. The van der Waals surface area contributed by atoms with Crippen molar-refractivity contribution in [1.82, 2.24) is 0 Å². The average Bonchev–Trinajstić information content (AvgIpc) is 2.17. The lowest BCUT2D eigenvalue weighted by atomic mass is 10.0. The molecule has 0 spiro atoms. The van der Waals surface area contributed by atoms with Crippen molar-refractivity contribution >= 4 is 23.2 Å². The van der Waals surface area contributed by atoms with Crippen molar-refractivity contribution in [2.75, 3.05) is 0 Å². The van der Waals surface area contributed by atoms with Gasteiger partial charge in [0.1, 0.15) is 0 Å². The van der Waals surface area contributed by atoms with E-state index in [9.17, 15) is 0 Å². The van der Waals surface area contributed by atoms with Gasteiger partial charge in [0.25, 0.3) is 0 Å². The van der Waals surface area contributed by atoms with E-state index in [0.29, 0.717) is 0 Å². The van der Waals surface area contributed by atoms with Gasteiger partial charge in [0, 0.05) is 6.04 Å². The summed E-state index contributed by atoms with van der Waals surface area (Å²) >= 11 is 0. The van der Waals surface area contributed by atoms with E-state index in [1.165, 1.54) is 16.3 Å². The quantitative estimate of drug-likeness (QED) is 0.763. The van der Waals surface area contributed by atoms with E-state index in [2.05, 4.69) is 30.3 Å². The van der Waals surface area contributed by atoms with Gasteiger partial charge in [-0.2, -0.15) is 0 Å². The topological polar surface area (TPSA) is 26.0 Å². The summed E-state index contributed by atoms with van der Waals surface area (Å²) in [5, 5.41) is 2.53. The highest BCUT2D eigenvalue weighted by Gasteiger charge is 1.99. The zero-order valence-corrected chi connectivity index (χ0v) is 8.92. The first-order valence-electron chi connectivity index (χ1n) is 4.51. The Morgan fingerprint density at radius 1 is 1.00 bits per heavy atom. The Bertz CT molecular complexity index is 423. The highest BCUT2D eigenvalue weighted by atomic mass is 35.5. The maximum absolute atomic E-state index is 5.80. The third-order valence-electron chi connectivity index (χ3n) is 2.30. The summed E-state index contributed by atoms with van der Waals surface area (Å²) in [5.41, 5.74) is 7.00. The predicted molar refractivity (Wildman–Crippen MR) is 63.8 cm³/mol. The molecule has 0 amide bonds. The molecule has 0 heterocycles. The Kier molecular flexibility index (Phi) is 3.50. The average molecular weight is 208 g/mol. The lowest BCUT2D eigenvalue weighted by Crippen LogP contribution is -2.04. The maximum Gasteiger partial charge on any atom is 0.0266 e. The molecule has 0 aromatic heterocycles. The second-order valence-corrected chi connectivity index (χ2v) is 3.40. The number of benzene rings is 2. The molecule has 74 valence electrons. The van der Waals surface area contributed by atoms with Gasteiger partial charge in [-0.1, -0.05) is 36.4 Å². The molecule has 1 nitrogen and oxygen atoms in total. The molecule has 1 atom stereocenters. The van der Waals surface area contributed by atoms with Crippen LogP contribution in [0.3, 0.4) is 0 Å². The van der Waals surface area contributed by atoms with Gasteiger partial charge in [-0.25, -0.2) is 0 Å². The fourth-order valence-corrected chi connectivity index (χ4v) is 1.49. The Morgan fingerprint density at radius 2 is 1.64 bits per heavy atom. The second-order valence-electron chi connectivity index (χ2n) is 3.40. The van der Waals surface area contributed by atoms with Crippen molar-refractivity contribution in [2.24, 2.45) is 5.73 Å². The summed E-state index contributed by atoms with van der Waals surface area (Å²) in [4.78, 5) is 0. The third kappa shape index (κ3) is 2.06. The second kappa shape index (κ2) is 4.45. The molecule has 0 aliphatic heterocycles. The van der Waals surface area contributed by atoms with Crippen molar-refractivity contribution in [3.63, 3.8) is 0 Å². The number of nitrogens with two attached hydrogens (primary N) is 1. The van der Waals surface area contributed by atoms with Crippen LogP contribution in [0.2, 0.25) is 0 Å². The highest BCUT2D eigenvalue weighted by Crippen LogP contribution is 2.18. The zero-order valence-electron chi connectivity index (χ0n) is 8.10. The van der Waals surface area contributed by atoms with Crippen molar-refractivity contribution < 1.29 is 0 Å². The van der Waals surface area contributed by atoms with Crippen LogP contribution in [0.25, 0.3) is 10.8 Å². The molecule has 1 unspecified atom stereocenters. The lowest BCUT2D eigenvalue weighted by Gasteiger charge is -2.06. The summed E-state index contributed by atoms with van der Waals surface area (Å²) in [6.45, 7) is 2.00. The van der Waals surface area contributed by atoms with Gasteiger partial charge < -0.3 is 5.73 Å². The normalized spacial score (nSPS) is 12.1. The molecule has 2 N–H and O–H groups in total. The Labute approximate surface area is 90.3 Å². The maximum atomic E-state index is 5.80. The minimum Gasteiger partial charge on any atom is -0.324 e. The summed E-state index contributed by atoms with van der Waals surface area (Å²) in [6, 6.07) is 14.8. The first kappa shape index (κ1) is 11.0. The molecule has 0 fully saturated rings. The fraction of sp³-hybridized carbons (Fsp3) is 0.167. The molecule has 0 saturated heterocycles. The number of rotatable bonds is 1. The first-order chi connectivity index (χ1) is 6.27. The van der Waals surface area contributed by atoms with E-state index in [0.717, 1.165) is 0 Å². The number of hydrogen-bond donors (Lipinski definition) is 1. The molecule has 0 aliphatic rings. The van der Waals surface area contributed by atoms with Gasteiger partial charge in [-0.05, 0) is 29.3 Å². The molecule has 2 heteroatoms. The smallest absolute Gasteiger partial charge is 0.0266 e. The van der Waals surface area contributed by atoms with E-state index in [1.54, 1.807) is 0 Å². The van der Waals surface area contributed by atoms with Crippen LogP contribution < -0.4 is 5.73 Å². The lowest BCUT2D eigenvalue weighted by molar-refractivity contribution is 0.820. The molecule has 2 aromatic rings. The molecular weight excluding hydrogens is 194 g/mol. The van der Waals surface area contributed by atoms with E-state index >= 15 is 0 Å². The molecule has 2 rings (SSSR count). The van der Waals surface area contributed by atoms with Crippen LogP contribution in [0.5, 0.6) is 0 Å². The van der Waals surface area contributed by atoms with E-state index < -0.39 is 0 Å². The van der Waals surface area contributed by atoms with Gasteiger partial charge in [0.15, 0.2) is 0 Å². The monoisotopic (exact) mass is 207 g/mol. The van der Waals surface area contributed by atoms with Crippen LogP contribution >= 0.6 is 12.4 Å². The zero-order chi connectivity index (χ0) is 9.26. The van der Waals surface area contributed by atoms with Gasteiger partial charge in [-0.15, -0.1) is 12.4 Å². The van der Waals surface area contributed by atoms with Crippen molar-refractivity contribution in [3.8, 4) is 0 Å². The number of fused-ring (bicyclic) bond motifs is 1. The Balaban J connectivity index is 0.000000980. The van der Waals surface area contributed by atoms with Crippen molar-refractivity contribution in [1.29, 1.82) is 0 Å². The molecular formula is C12H14ClN. The van der Waals surface area contributed by atoms with Crippen molar-refractivity contribution in [2.45, 2.75) is 13.0 Å². The molecule has 0 saturated carbocycles. The SMILES string of the molecule is CC(N)c1ccc2ccccc2c1.Cl. The van der Waals surface area contributed by atoms with Crippen LogP contribution in [-0.2, 0) is 0 Å². The predicted octanol–water partition coefficient (Wildman–Crippen LogP) is 3.28. The molecule has 0 radical (unpaired) electrons. The van der Waals surface area contributed by atoms with E-state index in [-0.39, 0.29) is 18.4 Å². The van der Waals surface area contributed by atoms with Gasteiger partial charge in [0.2, 0.25) is 0 Å². The summed E-state index contributed by atoms with van der Waals surface area (Å²) in [6.07, 6.45) is 0. The number of halogens is 1. The largest absolute Gasteiger partial charge is 0.324 e. The van der Waals surface area contributed by atoms with Crippen LogP contribution in [0.15, 0.2) is 42.5 Å². The van der Waals surface area contributed by atoms with E-state index in [4.69, 9.17) is 5.73 Å². The number of hydrogen-bond acceptors (Lipinski definition) is 1. The van der Waals surface area contributed by atoms with Gasteiger partial charge >= 0.3 is 0 Å². The minimum atomic E-state index is 0. The highest BCUT2D eigenvalue weighted by molar-refractivity contribution is 5.85. The fourth-order valence-electron chi connectivity index (χ4n) is 1.49. The van der Waals surface area contributed by atoms with Crippen LogP contribution in [0, 0.1) is 0 Å². The molecule has 0 aliphatic carbocycles. The third-order valence-corrected chi connectivity index (χ3v) is 2.30. The van der Waals surface area contributed by atoms with Crippen molar-refractivity contribution in [3.05, 3.63) is 48.0 Å². The minimum absolute atomic E-state index is 0. The standard InChI is InChI=1S/C12H13N.ClH/c1-9(13)11-7-6-10-4-2-3-5-12(10)8-11;/h2-9H,13H2,1H3;1H. The first-order valence-corrected chi connectivity index (χ1v) is 4.51. The Hall–Kier alpha value is -1.05. The summed E-state index contributed by atoms with van der Waals surface area (Å²) < 4.78 is 0. The molecule has 2 aromatic carbocycles. The Morgan fingerprint density at radius 3 is 2.29 bits per heavy atom. The van der Waals surface area contributed by atoms with Gasteiger partial charge in [-0.3, -0.25) is 0 Å². The summed E-state index contributed by atoms with van der Waals surface area (Å²) in [7, 11) is 0. The van der Waals surface area contributed by atoms with Crippen LogP contribution in [0.4, 0.5) is 0 Å². The van der Waals surface area contributed by atoms with Gasteiger partial charge in [0.05, 0.1) is 0 Å².